The normalized spacial score (nSPS) is 9.93. The van der Waals surface area contributed by atoms with Crippen molar-refractivity contribution in [1.29, 1.82) is 5.26 Å². The molecule has 3 rings (SSSR count). The Kier molecular flexibility index (Phi) is 5.54. The van der Waals surface area contributed by atoms with Crippen molar-refractivity contribution >= 4 is 29.1 Å². The summed E-state index contributed by atoms with van der Waals surface area (Å²) >= 11 is 0. The van der Waals surface area contributed by atoms with Gasteiger partial charge in [-0.05, 0) is 37.3 Å². The molecule has 0 amide bonds. The lowest BCUT2D eigenvalue weighted by Gasteiger charge is -2.11. The highest BCUT2D eigenvalue weighted by Crippen LogP contribution is 2.21. The Morgan fingerprint density at radius 3 is 2.85 bits per heavy atom. The number of esters is 1. The third-order valence-corrected chi connectivity index (χ3v) is 3.49. The zero-order valence-electron chi connectivity index (χ0n) is 14.5. The quantitative estimate of drug-likeness (QED) is 0.643. The van der Waals surface area contributed by atoms with Crippen LogP contribution >= 0.6 is 0 Å². The first kappa shape index (κ1) is 17.8. The van der Waals surface area contributed by atoms with E-state index in [2.05, 4.69) is 31.9 Å². The van der Waals surface area contributed by atoms with Gasteiger partial charge in [0.25, 0.3) is 0 Å². The van der Waals surface area contributed by atoms with Crippen molar-refractivity contribution in [2.75, 3.05) is 17.2 Å². The van der Waals surface area contributed by atoms with E-state index in [9.17, 15) is 4.79 Å². The third kappa shape index (κ3) is 4.55. The lowest BCUT2D eigenvalue weighted by molar-refractivity contribution is 0.0527. The Labute approximate surface area is 155 Å². The lowest BCUT2D eigenvalue weighted by atomic mass is 10.2. The maximum absolute atomic E-state index is 12.1. The number of aromatic nitrogens is 3. The summed E-state index contributed by atoms with van der Waals surface area (Å²) in [6.45, 7) is 2.04. The van der Waals surface area contributed by atoms with Gasteiger partial charge in [0.2, 0.25) is 5.95 Å². The van der Waals surface area contributed by atoms with E-state index in [0.29, 0.717) is 28.3 Å². The Bertz CT molecular complexity index is 999. The molecule has 8 heteroatoms. The lowest BCUT2D eigenvalue weighted by Crippen LogP contribution is -2.09. The number of hydrogen-bond acceptors (Lipinski definition) is 8. The topological polar surface area (TPSA) is 113 Å². The van der Waals surface area contributed by atoms with Gasteiger partial charge in [0.05, 0.1) is 35.7 Å². The molecule has 2 aromatic carbocycles. The van der Waals surface area contributed by atoms with Crippen LogP contribution in [-0.2, 0) is 4.74 Å². The van der Waals surface area contributed by atoms with Gasteiger partial charge in [0.1, 0.15) is 0 Å². The van der Waals surface area contributed by atoms with Crippen molar-refractivity contribution in [1.82, 2.24) is 15.2 Å². The second-order valence-corrected chi connectivity index (χ2v) is 5.37. The van der Waals surface area contributed by atoms with Gasteiger partial charge in [-0.25, -0.2) is 4.79 Å². The van der Waals surface area contributed by atoms with Crippen LogP contribution in [0.2, 0.25) is 0 Å². The molecule has 3 aromatic rings. The zero-order chi connectivity index (χ0) is 19.1. The molecule has 0 saturated carbocycles. The smallest absolute Gasteiger partial charge is 0.340 e. The average molecular weight is 360 g/mol. The Morgan fingerprint density at radius 2 is 2.04 bits per heavy atom. The molecule has 8 nitrogen and oxygen atoms in total. The highest BCUT2D eigenvalue weighted by Gasteiger charge is 2.12. The number of anilines is 4. The summed E-state index contributed by atoms with van der Waals surface area (Å²) in [6.07, 6.45) is 1.44. The van der Waals surface area contributed by atoms with Crippen LogP contribution in [0.1, 0.15) is 22.8 Å². The fourth-order valence-corrected chi connectivity index (χ4v) is 2.33. The molecule has 0 unspecified atom stereocenters. The van der Waals surface area contributed by atoms with Crippen molar-refractivity contribution in [2.45, 2.75) is 6.92 Å². The second kappa shape index (κ2) is 8.40. The van der Waals surface area contributed by atoms with Gasteiger partial charge >= 0.3 is 5.97 Å². The maximum Gasteiger partial charge on any atom is 0.340 e. The first-order valence-electron chi connectivity index (χ1n) is 8.19. The molecular formula is C19H16N6O2. The predicted molar refractivity (Wildman–Crippen MR) is 99.9 cm³/mol. The number of nitrogens with one attached hydrogen (secondary N) is 2. The molecular weight excluding hydrogens is 344 g/mol. The van der Waals surface area contributed by atoms with Crippen molar-refractivity contribution in [2.24, 2.45) is 0 Å². The van der Waals surface area contributed by atoms with Crippen LogP contribution in [0.4, 0.5) is 23.1 Å². The van der Waals surface area contributed by atoms with E-state index >= 15 is 0 Å². The molecule has 0 spiro atoms. The van der Waals surface area contributed by atoms with Gasteiger partial charge in [0, 0.05) is 5.69 Å². The van der Waals surface area contributed by atoms with Crippen LogP contribution in [0.15, 0.2) is 54.7 Å². The van der Waals surface area contributed by atoms with E-state index < -0.39 is 5.97 Å². The van der Waals surface area contributed by atoms with Gasteiger partial charge in [-0.15, -0.1) is 5.10 Å². The Hall–Kier alpha value is -3.99. The van der Waals surface area contributed by atoms with E-state index in [0.717, 1.165) is 0 Å². The van der Waals surface area contributed by atoms with E-state index in [1.54, 1.807) is 55.5 Å². The van der Waals surface area contributed by atoms with Gasteiger partial charge in [-0.2, -0.15) is 15.3 Å². The minimum Gasteiger partial charge on any atom is -0.462 e. The van der Waals surface area contributed by atoms with Crippen LogP contribution in [0.3, 0.4) is 0 Å². The van der Waals surface area contributed by atoms with Crippen molar-refractivity contribution in [3.8, 4) is 6.07 Å². The summed E-state index contributed by atoms with van der Waals surface area (Å²) in [5, 5.41) is 22.9. The van der Waals surface area contributed by atoms with E-state index in [1.165, 1.54) is 6.20 Å². The maximum atomic E-state index is 12.1. The minimum atomic E-state index is -0.422. The number of nitrogens with zero attached hydrogens (tertiary/aromatic N) is 4. The number of carbonyl (C=O) groups excluding carboxylic acids is 1. The van der Waals surface area contributed by atoms with E-state index in [4.69, 9.17) is 10.00 Å². The molecule has 0 radical (unpaired) electrons. The summed E-state index contributed by atoms with van der Waals surface area (Å²) in [5.74, 6) is 0.235. The summed E-state index contributed by atoms with van der Waals surface area (Å²) in [6, 6.07) is 16.0. The first-order chi connectivity index (χ1) is 13.2. The summed E-state index contributed by atoms with van der Waals surface area (Å²) < 4.78 is 5.06. The largest absolute Gasteiger partial charge is 0.462 e. The number of benzene rings is 2. The molecule has 1 heterocycles. The first-order valence-corrected chi connectivity index (χ1v) is 8.19. The number of nitriles is 1. The van der Waals surface area contributed by atoms with Crippen LogP contribution in [0.25, 0.3) is 0 Å². The average Bonchev–Trinajstić information content (AvgIpc) is 2.69. The van der Waals surface area contributed by atoms with Gasteiger partial charge in [0.15, 0.2) is 5.82 Å². The summed E-state index contributed by atoms with van der Waals surface area (Å²) in [7, 11) is 0. The van der Waals surface area contributed by atoms with E-state index in [1.807, 2.05) is 0 Å². The van der Waals surface area contributed by atoms with Crippen LogP contribution < -0.4 is 10.6 Å². The summed E-state index contributed by atoms with van der Waals surface area (Å²) in [5.41, 5.74) is 2.13. The zero-order valence-corrected chi connectivity index (χ0v) is 14.5. The molecule has 1 aromatic heterocycles. The second-order valence-electron chi connectivity index (χ2n) is 5.37. The fourth-order valence-electron chi connectivity index (χ4n) is 2.33. The van der Waals surface area contributed by atoms with Crippen LogP contribution in [0, 0.1) is 11.3 Å². The molecule has 0 saturated heterocycles. The Balaban J connectivity index is 1.81. The molecule has 0 atom stereocenters. The fraction of sp³-hybridized carbons (Fsp3) is 0.105. The van der Waals surface area contributed by atoms with Crippen molar-refractivity contribution < 1.29 is 9.53 Å². The molecule has 2 N–H and O–H groups in total. The highest BCUT2D eigenvalue weighted by atomic mass is 16.5. The molecule has 0 aliphatic heterocycles. The minimum absolute atomic E-state index is 0.253. The monoisotopic (exact) mass is 360 g/mol. The molecule has 0 aliphatic carbocycles. The SMILES string of the molecule is CCOC(=O)c1ccccc1Nc1cnnc(Nc2cccc(C#N)c2)n1. The van der Waals surface area contributed by atoms with Crippen LogP contribution in [-0.4, -0.2) is 27.8 Å². The predicted octanol–water partition coefficient (Wildman–Crippen LogP) is 3.41. The number of hydrogen-bond donors (Lipinski definition) is 2. The Morgan fingerprint density at radius 1 is 1.19 bits per heavy atom. The van der Waals surface area contributed by atoms with Crippen LogP contribution in [0.5, 0.6) is 0 Å². The number of rotatable bonds is 6. The molecule has 0 fully saturated rings. The summed E-state index contributed by atoms with van der Waals surface area (Å²) in [4.78, 5) is 16.4. The molecule has 27 heavy (non-hydrogen) atoms. The highest BCUT2D eigenvalue weighted by molar-refractivity contribution is 5.96. The van der Waals surface area contributed by atoms with Crippen molar-refractivity contribution in [3.63, 3.8) is 0 Å². The van der Waals surface area contributed by atoms with Crippen molar-refractivity contribution in [3.05, 3.63) is 65.9 Å². The standard InChI is InChI=1S/C19H16N6O2/c1-2-27-18(26)15-8-3-4-9-16(15)23-17-12-21-25-19(24-17)22-14-7-5-6-13(10-14)11-20/h3-10,12H,2H2,1H3,(H2,22,23,24,25). The van der Waals surface area contributed by atoms with Gasteiger partial charge < -0.3 is 15.4 Å². The third-order valence-electron chi connectivity index (χ3n) is 3.49. The van der Waals surface area contributed by atoms with Gasteiger partial charge in [-0.3, -0.25) is 0 Å². The number of para-hydroxylation sites is 1. The molecule has 0 aliphatic rings. The molecule has 134 valence electrons. The van der Waals surface area contributed by atoms with E-state index in [-0.39, 0.29) is 12.6 Å². The number of carbonyl (C=O) groups is 1. The van der Waals surface area contributed by atoms with Gasteiger partial charge in [-0.1, -0.05) is 18.2 Å². The number of ether oxygens (including phenoxy) is 1. The molecule has 0 bridgehead atoms.